The van der Waals surface area contributed by atoms with Crippen LogP contribution in [0.15, 0.2) is 24.3 Å². The highest BCUT2D eigenvalue weighted by Gasteiger charge is 2.23. The average Bonchev–Trinajstić information content (AvgIpc) is 2.37. The molecule has 0 saturated heterocycles. The molecule has 1 aromatic carbocycles. The molecule has 1 rings (SSSR count). The van der Waals surface area contributed by atoms with E-state index in [2.05, 4.69) is 5.32 Å². The number of urea groups is 1. The van der Waals surface area contributed by atoms with Crippen molar-refractivity contribution < 1.29 is 19.5 Å². The number of aliphatic carboxylic acids is 1. The summed E-state index contributed by atoms with van der Waals surface area (Å²) in [7, 11) is 1.54. The van der Waals surface area contributed by atoms with Crippen molar-refractivity contribution in [1.82, 2.24) is 10.2 Å². The van der Waals surface area contributed by atoms with Crippen molar-refractivity contribution in [3.63, 3.8) is 0 Å². The zero-order valence-corrected chi connectivity index (χ0v) is 12.0. The number of benzene rings is 1. The second-order valence-electron chi connectivity index (χ2n) is 4.86. The third-order valence-electron chi connectivity index (χ3n) is 2.85. The summed E-state index contributed by atoms with van der Waals surface area (Å²) in [6.45, 7) is 2.27. The number of nitrogens with zero attached hydrogens (tertiary/aromatic N) is 1. The molecule has 0 saturated carbocycles. The lowest BCUT2D eigenvalue weighted by Crippen LogP contribution is -2.48. The van der Waals surface area contributed by atoms with Crippen molar-refractivity contribution in [3.8, 4) is 0 Å². The van der Waals surface area contributed by atoms with Gasteiger partial charge in [0.1, 0.15) is 6.04 Å². The van der Waals surface area contributed by atoms with Crippen LogP contribution in [0.5, 0.6) is 0 Å². The summed E-state index contributed by atoms with van der Waals surface area (Å²) < 4.78 is 0. The van der Waals surface area contributed by atoms with E-state index in [1.165, 1.54) is 4.90 Å². The predicted molar refractivity (Wildman–Crippen MR) is 76.4 cm³/mol. The molecule has 1 unspecified atom stereocenters. The van der Waals surface area contributed by atoms with Crippen molar-refractivity contribution >= 4 is 17.9 Å². The van der Waals surface area contributed by atoms with Crippen molar-refractivity contribution in [2.75, 3.05) is 7.05 Å². The Bertz CT molecular complexity index is 545. The van der Waals surface area contributed by atoms with Crippen LogP contribution >= 0.6 is 0 Å². The maximum atomic E-state index is 11.9. The monoisotopic (exact) mass is 293 g/mol. The van der Waals surface area contributed by atoms with Crippen LogP contribution in [0.2, 0.25) is 0 Å². The van der Waals surface area contributed by atoms with Crippen molar-refractivity contribution in [2.45, 2.75) is 25.9 Å². The van der Waals surface area contributed by atoms with E-state index in [4.69, 9.17) is 10.8 Å². The molecule has 0 bridgehead atoms. The molecule has 7 nitrogen and oxygen atoms in total. The second-order valence-corrected chi connectivity index (χ2v) is 4.86. The molecule has 0 aromatic heterocycles. The first-order valence-electron chi connectivity index (χ1n) is 6.38. The fourth-order valence-electron chi connectivity index (χ4n) is 1.82. The number of nitrogens with one attached hydrogen (secondary N) is 1. The molecule has 0 radical (unpaired) electrons. The van der Waals surface area contributed by atoms with Gasteiger partial charge in [0.05, 0.1) is 6.42 Å². The highest BCUT2D eigenvalue weighted by molar-refractivity contribution is 5.87. The smallest absolute Gasteiger partial charge is 0.326 e. The average molecular weight is 293 g/mol. The fourth-order valence-corrected chi connectivity index (χ4v) is 1.82. The van der Waals surface area contributed by atoms with Gasteiger partial charge in [-0.2, -0.15) is 0 Å². The standard InChI is InChI=1S/C14H19N3O4/c1-9-4-3-5-10(6-9)8-17(2)14(21)16-11(13(19)20)7-12(15)18/h3-6,11H,7-8H2,1-2H3,(H2,15,18)(H,16,21)(H,19,20). The van der Waals surface area contributed by atoms with E-state index in [1.54, 1.807) is 7.05 Å². The molecule has 1 atom stereocenters. The van der Waals surface area contributed by atoms with Gasteiger partial charge in [-0.3, -0.25) is 4.79 Å². The lowest BCUT2D eigenvalue weighted by atomic mass is 10.1. The van der Waals surface area contributed by atoms with Gasteiger partial charge in [0, 0.05) is 13.6 Å². The Labute approximate surface area is 122 Å². The van der Waals surface area contributed by atoms with E-state index < -0.39 is 30.4 Å². The van der Waals surface area contributed by atoms with Crippen molar-refractivity contribution in [1.29, 1.82) is 0 Å². The maximum absolute atomic E-state index is 11.9. The van der Waals surface area contributed by atoms with Gasteiger partial charge in [-0.25, -0.2) is 9.59 Å². The van der Waals surface area contributed by atoms with Crippen LogP contribution in [0, 0.1) is 6.92 Å². The minimum Gasteiger partial charge on any atom is -0.480 e. The maximum Gasteiger partial charge on any atom is 0.326 e. The molecule has 1 aromatic rings. The number of amides is 3. The SMILES string of the molecule is Cc1cccc(CN(C)C(=O)NC(CC(N)=O)C(=O)O)c1. The Morgan fingerprint density at radius 3 is 2.57 bits per heavy atom. The van der Waals surface area contributed by atoms with Gasteiger partial charge in [0.15, 0.2) is 0 Å². The number of nitrogens with two attached hydrogens (primary N) is 1. The van der Waals surface area contributed by atoms with Gasteiger partial charge >= 0.3 is 12.0 Å². The lowest BCUT2D eigenvalue weighted by molar-refractivity contribution is -0.140. The minimum atomic E-state index is -1.32. The number of hydrogen-bond donors (Lipinski definition) is 3. The first-order chi connectivity index (χ1) is 9.79. The molecule has 21 heavy (non-hydrogen) atoms. The van der Waals surface area contributed by atoms with E-state index in [0.717, 1.165) is 11.1 Å². The fraction of sp³-hybridized carbons (Fsp3) is 0.357. The topological polar surface area (TPSA) is 113 Å². The number of carboxylic acid groups (broad SMARTS) is 1. The molecule has 0 aliphatic rings. The Kier molecular flexibility index (Phi) is 5.71. The molecule has 3 amide bonds. The zero-order valence-electron chi connectivity index (χ0n) is 12.0. The molecule has 114 valence electrons. The summed E-state index contributed by atoms with van der Waals surface area (Å²) >= 11 is 0. The normalized spacial score (nSPS) is 11.5. The first-order valence-corrected chi connectivity index (χ1v) is 6.38. The molecule has 0 spiro atoms. The summed E-state index contributed by atoms with van der Waals surface area (Å²) in [6, 6.07) is 5.72. The number of carbonyl (C=O) groups excluding carboxylic acids is 2. The Hall–Kier alpha value is -2.57. The summed E-state index contributed by atoms with van der Waals surface area (Å²) in [4.78, 5) is 35.0. The minimum absolute atomic E-state index is 0.330. The highest BCUT2D eigenvalue weighted by Crippen LogP contribution is 2.07. The number of hydrogen-bond acceptors (Lipinski definition) is 3. The predicted octanol–water partition coefficient (Wildman–Crippen LogP) is 0.465. The highest BCUT2D eigenvalue weighted by atomic mass is 16.4. The Morgan fingerprint density at radius 1 is 1.38 bits per heavy atom. The number of aryl methyl sites for hydroxylation is 1. The van der Waals surface area contributed by atoms with Gasteiger partial charge in [-0.05, 0) is 12.5 Å². The Morgan fingerprint density at radius 2 is 2.05 bits per heavy atom. The summed E-state index contributed by atoms with van der Waals surface area (Å²) in [5, 5.41) is 11.2. The van der Waals surface area contributed by atoms with Crippen LogP contribution in [-0.4, -0.2) is 41.0 Å². The van der Waals surface area contributed by atoms with Crippen LogP contribution in [-0.2, 0) is 16.1 Å². The molecule has 0 aliphatic carbocycles. The molecule has 0 heterocycles. The summed E-state index contributed by atoms with van der Waals surface area (Å²) in [6.07, 6.45) is -0.445. The summed E-state index contributed by atoms with van der Waals surface area (Å²) in [5.41, 5.74) is 6.95. The van der Waals surface area contributed by atoms with Crippen molar-refractivity contribution in [3.05, 3.63) is 35.4 Å². The van der Waals surface area contributed by atoms with Crippen molar-refractivity contribution in [2.24, 2.45) is 5.73 Å². The van der Waals surface area contributed by atoms with Crippen LogP contribution < -0.4 is 11.1 Å². The molecule has 0 aliphatic heterocycles. The molecule has 0 fully saturated rings. The quantitative estimate of drug-likeness (QED) is 0.707. The van der Waals surface area contributed by atoms with E-state index >= 15 is 0 Å². The second kappa shape index (κ2) is 7.28. The Balaban J connectivity index is 2.64. The van der Waals surface area contributed by atoms with E-state index in [0.29, 0.717) is 6.54 Å². The number of carboxylic acids is 1. The number of carbonyl (C=O) groups is 3. The zero-order chi connectivity index (χ0) is 16.0. The van der Waals surface area contributed by atoms with Crippen LogP contribution in [0.4, 0.5) is 4.79 Å². The third kappa shape index (κ3) is 5.52. The van der Waals surface area contributed by atoms with Gasteiger partial charge in [-0.15, -0.1) is 0 Å². The van der Waals surface area contributed by atoms with Gasteiger partial charge in [-0.1, -0.05) is 29.8 Å². The van der Waals surface area contributed by atoms with Gasteiger partial charge < -0.3 is 21.1 Å². The number of rotatable bonds is 6. The lowest BCUT2D eigenvalue weighted by Gasteiger charge is -2.21. The first kappa shape index (κ1) is 16.5. The third-order valence-corrected chi connectivity index (χ3v) is 2.85. The number of primary amides is 1. The van der Waals surface area contributed by atoms with E-state index in [9.17, 15) is 14.4 Å². The van der Waals surface area contributed by atoms with Gasteiger partial charge in [0.2, 0.25) is 5.91 Å². The molecular formula is C14H19N3O4. The van der Waals surface area contributed by atoms with Gasteiger partial charge in [0.25, 0.3) is 0 Å². The molecular weight excluding hydrogens is 274 g/mol. The largest absolute Gasteiger partial charge is 0.480 e. The molecule has 7 heteroatoms. The van der Waals surface area contributed by atoms with E-state index in [1.807, 2.05) is 31.2 Å². The van der Waals surface area contributed by atoms with Crippen LogP contribution in [0.25, 0.3) is 0 Å². The van der Waals surface area contributed by atoms with Crippen LogP contribution in [0.3, 0.4) is 0 Å². The summed E-state index contributed by atoms with van der Waals surface area (Å²) in [5.74, 6) is -2.09. The van der Waals surface area contributed by atoms with Crippen LogP contribution in [0.1, 0.15) is 17.5 Å². The van der Waals surface area contributed by atoms with E-state index in [-0.39, 0.29) is 0 Å². The molecule has 4 N–H and O–H groups in total.